The molecule has 0 aliphatic carbocycles. The van der Waals surface area contributed by atoms with E-state index >= 15 is 0 Å². The SMILES string of the molecule is C1=Nc2c(cccc2NCc2ccccc2)CO1. The average molecular weight is 238 g/mol. The molecule has 1 N–H and O–H groups in total. The van der Waals surface area contributed by atoms with Gasteiger partial charge in [-0.1, -0.05) is 42.5 Å². The predicted molar refractivity (Wildman–Crippen MR) is 73.2 cm³/mol. The largest absolute Gasteiger partial charge is 0.478 e. The molecule has 2 aromatic rings. The third kappa shape index (κ3) is 2.20. The Morgan fingerprint density at radius 2 is 1.94 bits per heavy atom. The molecular weight excluding hydrogens is 224 g/mol. The van der Waals surface area contributed by atoms with E-state index in [4.69, 9.17) is 4.74 Å². The van der Waals surface area contributed by atoms with E-state index in [0.29, 0.717) is 6.61 Å². The second-order valence-corrected chi connectivity index (χ2v) is 4.20. The first kappa shape index (κ1) is 10.8. The zero-order chi connectivity index (χ0) is 12.2. The lowest BCUT2D eigenvalue weighted by Crippen LogP contribution is -2.03. The van der Waals surface area contributed by atoms with Gasteiger partial charge in [-0.05, 0) is 11.6 Å². The summed E-state index contributed by atoms with van der Waals surface area (Å²) in [5.41, 5.74) is 4.41. The van der Waals surface area contributed by atoms with Crippen LogP contribution < -0.4 is 5.32 Å². The van der Waals surface area contributed by atoms with E-state index in [1.54, 1.807) is 0 Å². The zero-order valence-corrected chi connectivity index (χ0v) is 9.97. The molecule has 0 atom stereocenters. The Hall–Kier alpha value is -2.29. The van der Waals surface area contributed by atoms with Crippen LogP contribution in [0.3, 0.4) is 0 Å². The molecule has 0 fully saturated rings. The van der Waals surface area contributed by atoms with Gasteiger partial charge in [0.05, 0.1) is 11.4 Å². The van der Waals surface area contributed by atoms with Crippen LogP contribution in [0.5, 0.6) is 0 Å². The number of para-hydroxylation sites is 1. The molecule has 0 saturated carbocycles. The lowest BCUT2D eigenvalue weighted by Gasteiger charge is -2.15. The van der Waals surface area contributed by atoms with Crippen LogP contribution in [-0.2, 0) is 17.9 Å². The van der Waals surface area contributed by atoms with Gasteiger partial charge in [0.25, 0.3) is 0 Å². The van der Waals surface area contributed by atoms with Crippen molar-refractivity contribution in [3.8, 4) is 0 Å². The molecule has 3 heteroatoms. The highest BCUT2D eigenvalue weighted by molar-refractivity contribution is 5.74. The minimum absolute atomic E-state index is 0.597. The molecule has 18 heavy (non-hydrogen) atoms. The van der Waals surface area contributed by atoms with Gasteiger partial charge in [0.2, 0.25) is 0 Å². The second-order valence-electron chi connectivity index (χ2n) is 4.20. The Balaban J connectivity index is 1.80. The predicted octanol–water partition coefficient (Wildman–Crippen LogP) is 3.49. The lowest BCUT2D eigenvalue weighted by molar-refractivity contribution is 0.303. The summed E-state index contributed by atoms with van der Waals surface area (Å²) in [5, 5.41) is 3.42. The summed E-state index contributed by atoms with van der Waals surface area (Å²) in [6, 6.07) is 16.4. The number of fused-ring (bicyclic) bond motifs is 1. The molecule has 0 unspecified atom stereocenters. The number of aliphatic imine (C=N–C) groups is 1. The lowest BCUT2D eigenvalue weighted by atomic mass is 10.1. The summed E-state index contributed by atoms with van der Waals surface area (Å²) in [4.78, 5) is 4.30. The fourth-order valence-electron chi connectivity index (χ4n) is 2.01. The maximum atomic E-state index is 5.19. The number of nitrogens with one attached hydrogen (secondary N) is 1. The van der Waals surface area contributed by atoms with Crippen molar-refractivity contribution in [2.24, 2.45) is 4.99 Å². The minimum Gasteiger partial charge on any atom is -0.478 e. The molecule has 0 aromatic heterocycles. The molecule has 3 nitrogen and oxygen atoms in total. The summed E-state index contributed by atoms with van der Waals surface area (Å²) >= 11 is 0. The molecule has 0 amide bonds. The minimum atomic E-state index is 0.597. The topological polar surface area (TPSA) is 33.6 Å². The van der Waals surface area contributed by atoms with E-state index in [1.165, 1.54) is 12.0 Å². The van der Waals surface area contributed by atoms with Crippen molar-refractivity contribution in [2.75, 3.05) is 5.32 Å². The van der Waals surface area contributed by atoms with Gasteiger partial charge in [-0.3, -0.25) is 0 Å². The third-order valence-electron chi connectivity index (χ3n) is 2.94. The number of ether oxygens (including phenoxy) is 1. The van der Waals surface area contributed by atoms with Crippen LogP contribution in [0.1, 0.15) is 11.1 Å². The maximum Gasteiger partial charge on any atom is 0.175 e. The van der Waals surface area contributed by atoms with Gasteiger partial charge in [0.1, 0.15) is 6.61 Å². The van der Waals surface area contributed by atoms with Crippen LogP contribution in [0.25, 0.3) is 0 Å². The Kier molecular flexibility index (Phi) is 2.96. The highest BCUT2D eigenvalue weighted by atomic mass is 16.5. The Morgan fingerprint density at radius 1 is 1.06 bits per heavy atom. The second kappa shape index (κ2) is 4.92. The molecule has 2 aromatic carbocycles. The normalized spacial score (nSPS) is 12.7. The molecular formula is C15H14N2O. The highest BCUT2D eigenvalue weighted by Gasteiger charge is 2.10. The van der Waals surface area contributed by atoms with Crippen LogP contribution in [0.15, 0.2) is 53.5 Å². The molecule has 0 bridgehead atoms. The molecule has 3 rings (SSSR count). The van der Waals surface area contributed by atoms with Gasteiger partial charge in [-0.15, -0.1) is 0 Å². The maximum absolute atomic E-state index is 5.19. The summed E-state index contributed by atoms with van der Waals surface area (Å²) in [6.45, 7) is 1.40. The molecule has 90 valence electrons. The number of rotatable bonds is 3. The first-order valence-corrected chi connectivity index (χ1v) is 5.97. The van der Waals surface area contributed by atoms with E-state index in [-0.39, 0.29) is 0 Å². The van der Waals surface area contributed by atoms with Crippen molar-refractivity contribution < 1.29 is 4.74 Å². The van der Waals surface area contributed by atoms with Gasteiger partial charge >= 0.3 is 0 Å². The Bertz CT molecular complexity index is 564. The smallest absolute Gasteiger partial charge is 0.175 e. The number of nitrogens with zero attached hydrogens (tertiary/aromatic N) is 1. The quantitative estimate of drug-likeness (QED) is 0.888. The summed E-state index contributed by atoms with van der Waals surface area (Å²) in [6.07, 6.45) is 1.51. The Morgan fingerprint density at radius 3 is 2.83 bits per heavy atom. The van der Waals surface area contributed by atoms with Crippen LogP contribution in [0.2, 0.25) is 0 Å². The summed E-state index contributed by atoms with van der Waals surface area (Å²) in [7, 11) is 0. The number of benzene rings is 2. The van der Waals surface area contributed by atoms with E-state index in [9.17, 15) is 0 Å². The summed E-state index contributed by atoms with van der Waals surface area (Å²) in [5.74, 6) is 0. The zero-order valence-electron chi connectivity index (χ0n) is 9.97. The first-order chi connectivity index (χ1) is 8.93. The van der Waals surface area contributed by atoms with Crippen LogP contribution in [0, 0.1) is 0 Å². The van der Waals surface area contributed by atoms with Crippen LogP contribution in [0.4, 0.5) is 11.4 Å². The molecule has 0 spiro atoms. The number of hydrogen-bond donors (Lipinski definition) is 1. The highest BCUT2D eigenvalue weighted by Crippen LogP contribution is 2.31. The fourth-order valence-corrected chi connectivity index (χ4v) is 2.01. The van der Waals surface area contributed by atoms with Crippen molar-refractivity contribution in [3.05, 3.63) is 59.7 Å². The first-order valence-electron chi connectivity index (χ1n) is 5.97. The van der Waals surface area contributed by atoms with Gasteiger partial charge in [-0.2, -0.15) is 0 Å². The van der Waals surface area contributed by atoms with Gasteiger partial charge in [0.15, 0.2) is 6.40 Å². The molecule has 1 heterocycles. The van der Waals surface area contributed by atoms with E-state index in [0.717, 1.165) is 23.5 Å². The van der Waals surface area contributed by atoms with Crippen molar-refractivity contribution in [1.29, 1.82) is 0 Å². The van der Waals surface area contributed by atoms with Crippen LogP contribution in [-0.4, -0.2) is 6.40 Å². The third-order valence-corrected chi connectivity index (χ3v) is 2.94. The number of hydrogen-bond acceptors (Lipinski definition) is 3. The van der Waals surface area contributed by atoms with Crippen molar-refractivity contribution >= 4 is 17.8 Å². The molecule has 0 saturated heterocycles. The molecule has 0 radical (unpaired) electrons. The van der Waals surface area contributed by atoms with Gasteiger partial charge < -0.3 is 10.1 Å². The molecule has 1 aliphatic heterocycles. The molecule has 1 aliphatic rings. The van der Waals surface area contributed by atoms with Crippen LogP contribution >= 0.6 is 0 Å². The average Bonchev–Trinajstić information content (AvgIpc) is 2.46. The van der Waals surface area contributed by atoms with Crippen molar-refractivity contribution in [3.63, 3.8) is 0 Å². The Labute approximate surface area is 106 Å². The van der Waals surface area contributed by atoms with E-state index in [2.05, 4.69) is 22.4 Å². The van der Waals surface area contributed by atoms with Gasteiger partial charge in [-0.25, -0.2) is 4.99 Å². The van der Waals surface area contributed by atoms with Crippen molar-refractivity contribution in [2.45, 2.75) is 13.2 Å². The van der Waals surface area contributed by atoms with E-state index < -0.39 is 0 Å². The van der Waals surface area contributed by atoms with Gasteiger partial charge in [0, 0.05) is 12.1 Å². The standard InChI is InChI=1S/C15H14N2O/c1-2-5-12(6-3-1)9-16-14-8-4-7-13-10-18-11-17-15(13)14/h1-8,11,16H,9-10H2. The number of anilines is 1. The van der Waals surface area contributed by atoms with Crippen molar-refractivity contribution in [1.82, 2.24) is 0 Å². The summed E-state index contributed by atoms with van der Waals surface area (Å²) < 4.78 is 5.19. The monoisotopic (exact) mass is 238 g/mol. The fraction of sp³-hybridized carbons (Fsp3) is 0.133. The van der Waals surface area contributed by atoms with E-state index in [1.807, 2.05) is 36.4 Å².